The Kier molecular flexibility index (Phi) is 6.19. The van der Waals surface area contributed by atoms with Crippen LogP contribution in [0.5, 0.6) is 0 Å². The molecule has 0 amide bonds. The zero-order valence-corrected chi connectivity index (χ0v) is 21.1. The van der Waals surface area contributed by atoms with E-state index in [1.165, 1.54) is 16.8 Å². The van der Waals surface area contributed by atoms with Crippen LogP contribution >= 0.6 is 0 Å². The number of hydrogen-bond donors (Lipinski definition) is 1. The molecule has 0 saturated heterocycles. The summed E-state index contributed by atoms with van der Waals surface area (Å²) < 4.78 is 4.63. The fourth-order valence-electron chi connectivity index (χ4n) is 4.99. The molecule has 0 spiro atoms. The van der Waals surface area contributed by atoms with Gasteiger partial charge in [0.25, 0.3) is 0 Å². The number of hydrogen-bond acceptors (Lipinski definition) is 5. The van der Waals surface area contributed by atoms with Crippen molar-refractivity contribution in [2.24, 2.45) is 0 Å². The first kappa shape index (κ1) is 23.0. The fourth-order valence-corrected chi connectivity index (χ4v) is 4.99. The lowest BCUT2D eigenvalue weighted by atomic mass is 10.0. The van der Waals surface area contributed by atoms with E-state index >= 15 is 0 Å². The smallest absolute Gasteiger partial charge is 0.206 e. The minimum absolute atomic E-state index is 0.622. The van der Waals surface area contributed by atoms with Crippen molar-refractivity contribution < 1.29 is 0 Å². The number of pyridine rings is 1. The molecule has 0 aliphatic rings. The van der Waals surface area contributed by atoms with Gasteiger partial charge in [0.1, 0.15) is 11.3 Å². The summed E-state index contributed by atoms with van der Waals surface area (Å²) in [7, 11) is 0. The minimum Gasteiger partial charge on any atom is -0.344 e. The third-order valence-corrected chi connectivity index (χ3v) is 6.59. The molecule has 0 bridgehead atoms. The molecule has 5 rings (SSSR count). The third kappa shape index (κ3) is 4.13. The van der Waals surface area contributed by atoms with Gasteiger partial charge in [0.05, 0.1) is 12.2 Å². The molecule has 5 aromatic rings. The van der Waals surface area contributed by atoms with Crippen LogP contribution in [-0.2, 0) is 25.9 Å². The number of fused-ring (bicyclic) bond motifs is 1. The lowest BCUT2D eigenvalue weighted by molar-refractivity contribution is 0.715. The number of H-pyrrole nitrogens is 1. The van der Waals surface area contributed by atoms with E-state index in [0.29, 0.717) is 5.82 Å². The van der Waals surface area contributed by atoms with Crippen molar-refractivity contribution >= 4 is 11.2 Å². The molecule has 0 fully saturated rings. The van der Waals surface area contributed by atoms with Crippen molar-refractivity contribution in [3.63, 3.8) is 0 Å². The molecule has 0 aliphatic heterocycles. The van der Waals surface area contributed by atoms with Crippen molar-refractivity contribution in [2.75, 3.05) is 0 Å². The molecular weight excluding hydrogens is 436 g/mol. The Hall–Kier alpha value is -3.81. The Morgan fingerprint density at radius 3 is 2.40 bits per heavy atom. The van der Waals surface area contributed by atoms with E-state index in [-0.39, 0.29) is 0 Å². The summed E-state index contributed by atoms with van der Waals surface area (Å²) in [5.74, 6) is 1.72. The molecule has 1 N–H and O–H groups in total. The van der Waals surface area contributed by atoms with Crippen molar-refractivity contribution in [1.82, 2.24) is 39.7 Å². The highest BCUT2D eigenvalue weighted by Crippen LogP contribution is 2.34. The summed E-state index contributed by atoms with van der Waals surface area (Å²) in [6.07, 6.45) is 2.92. The molecule has 0 unspecified atom stereocenters. The van der Waals surface area contributed by atoms with Crippen LogP contribution in [0, 0.1) is 13.8 Å². The van der Waals surface area contributed by atoms with E-state index in [0.717, 1.165) is 71.9 Å². The maximum absolute atomic E-state index is 4.95. The largest absolute Gasteiger partial charge is 0.344 e. The van der Waals surface area contributed by atoms with E-state index in [1.807, 2.05) is 6.92 Å². The van der Waals surface area contributed by atoms with Gasteiger partial charge >= 0.3 is 0 Å². The Balaban J connectivity index is 1.55. The average Bonchev–Trinajstić information content (AvgIpc) is 3.58. The van der Waals surface area contributed by atoms with Gasteiger partial charge in [0, 0.05) is 29.9 Å². The zero-order chi connectivity index (χ0) is 24.5. The van der Waals surface area contributed by atoms with E-state index in [2.05, 4.69) is 93.9 Å². The van der Waals surface area contributed by atoms with Crippen LogP contribution in [0.3, 0.4) is 0 Å². The second kappa shape index (κ2) is 9.44. The molecule has 0 radical (unpaired) electrons. The van der Waals surface area contributed by atoms with Gasteiger partial charge in [0.15, 0.2) is 5.65 Å². The van der Waals surface area contributed by atoms with E-state index in [1.54, 1.807) is 0 Å². The number of rotatable bonds is 8. The quantitative estimate of drug-likeness (QED) is 0.335. The summed E-state index contributed by atoms with van der Waals surface area (Å²) in [6, 6.07) is 13.1. The van der Waals surface area contributed by atoms with Crippen LogP contribution in [0.15, 0.2) is 36.4 Å². The molecule has 0 aliphatic carbocycles. The average molecular weight is 469 g/mol. The maximum atomic E-state index is 4.95. The van der Waals surface area contributed by atoms with Crippen molar-refractivity contribution in [1.29, 1.82) is 0 Å². The molecule has 4 heterocycles. The van der Waals surface area contributed by atoms with E-state index in [4.69, 9.17) is 9.97 Å². The molecule has 4 aromatic heterocycles. The number of nitrogens with one attached hydrogen (secondary N) is 1. The van der Waals surface area contributed by atoms with E-state index in [9.17, 15) is 0 Å². The summed E-state index contributed by atoms with van der Waals surface area (Å²) in [5.41, 5.74) is 9.95. The number of benzene rings is 1. The highest BCUT2D eigenvalue weighted by atomic mass is 15.5. The SMILES string of the molecule is CCCc1nc2c(C)cc(C)nc2n1Cc1ccc(-c2c(-c3nn[nH]n3)cc(CC)n2CC)cc1. The number of aromatic nitrogens is 8. The molecule has 35 heavy (non-hydrogen) atoms. The number of nitrogens with zero attached hydrogens (tertiary/aromatic N) is 7. The molecule has 180 valence electrons. The number of imidazole rings is 1. The van der Waals surface area contributed by atoms with Gasteiger partial charge in [0.2, 0.25) is 5.82 Å². The number of tetrazole rings is 1. The monoisotopic (exact) mass is 468 g/mol. The lowest BCUT2D eigenvalue weighted by Crippen LogP contribution is -2.06. The molecular formula is C27H32N8. The first-order valence-electron chi connectivity index (χ1n) is 12.4. The predicted octanol–water partition coefficient (Wildman–Crippen LogP) is 5.28. The topological polar surface area (TPSA) is 90.1 Å². The molecule has 0 atom stereocenters. The van der Waals surface area contributed by atoms with Crippen LogP contribution in [0.25, 0.3) is 33.8 Å². The minimum atomic E-state index is 0.622. The first-order valence-corrected chi connectivity index (χ1v) is 12.4. The standard InChI is InChI=1S/C27H32N8/c1-6-9-23-29-24-17(4)14-18(5)28-27(24)35(23)16-19-10-12-20(13-11-19)25-22(26-30-32-33-31-26)15-21(7-2)34(25)8-3/h10-15H,6-9,16H2,1-5H3,(H,30,31,32,33). The summed E-state index contributed by atoms with van der Waals surface area (Å²) in [4.78, 5) is 9.80. The van der Waals surface area contributed by atoms with Crippen molar-refractivity contribution in [3.05, 3.63) is 64.7 Å². The van der Waals surface area contributed by atoms with Gasteiger partial charge in [-0.05, 0) is 67.6 Å². The Morgan fingerprint density at radius 2 is 1.74 bits per heavy atom. The van der Waals surface area contributed by atoms with Crippen molar-refractivity contribution in [3.8, 4) is 22.6 Å². The first-order chi connectivity index (χ1) is 17.0. The van der Waals surface area contributed by atoms with Gasteiger partial charge in [-0.15, -0.1) is 10.2 Å². The second-order valence-corrected chi connectivity index (χ2v) is 9.05. The van der Waals surface area contributed by atoms with Crippen LogP contribution < -0.4 is 0 Å². The lowest BCUT2D eigenvalue weighted by Gasteiger charge is -2.13. The van der Waals surface area contributed by atoms with Gasteiger partial charge in [-0.25, -0.2) is 9.97 Å². The molecule has 8 nitrogen and oxygen atoms in total. The highest BCUT2D eigenvalue weighted by molar-refractivity contribution is 5.80. The zero-order valence-electron chi connectivity index (χ0n) is 21.1. The maximum Gasteiger partial charge on any atom is 0.206 e. The van der Waals surface area contributed by atoms with Gasteiger partial charge < -0.3 is 9.13 Å². The Labute approximate surface area is 205 Å². The Bertz CT molecular complexity index is 1460. The molecule has 1 aromatic carbocycles. The van der Waals surface area contributed by atoms with Crippen LogP contribution in [0.4, 0.5) is 0 Å². The summed E-state index contributed by atoms with van der Waals surface area (Å²) in [5, 5.41) is 14.9. The predicted molar refractivity (Wildman–Crippen MR) is 138 cm³/mol. The number of aromatic amines is 1. The molecule has 8 heteroatoms. The normalized spacial score (nSPS) is 11.6. The highest BCUT2D eigenvalue weighted by Gasteiger charge is 2.20. The molecule has 0 saturated carbocycles. The second-order valence-electron chi connectivity index (χ2n) is 9.05. The van der Waals surface area contributed by atoms with Gasteiger partial charge in [-0.2, -0.15) is 5.21 Å². The van der Waals surface area contributed by atoms with Gasteiger partial charge in [-0.3, -0.25) is 0 Å². The van der Waals surface area contributed by atoms with Crippen LogP contribution in [-0.4, -0.2) is 39.7 Å². The summed E-state index contributed by atoms with van der Waals surface area (Å²) in [6.45, 7) is 12.3. The third-order valence-electron chi connectivity index (χ3n) is 6.59. The van der Waals surface area contributed by atoms with Crippen LogP contribution in [0.1, 0.15) is 55.5 Å². The summed E-state index contributed by atoms with van der Waals surface area (Å²) >= 11 is 0. The van der Waals surface area contributed by atoms with Crippen molar-refractivity contribution in [2.45, 2.75) is 67.0 Å². The van der Waals surface area contributed by atoms with Gasteiger partial charge in [-0.1, -0.05) is 38.1 Å². The Morgan fingerprint density at radius 1 is 0.943 bits per heavy atom. The number of aryl methyl sites for hydroxylation is 4. The van der Waals surface area contributed by atoms with Crippen LogP contribution in [0.2, 0.25) is 0 Å². The fraction of sp³-hybridized carbons (Fsp3) is 0.370. The van der Waals surface area contributed by atoms with E-state index < -0.39 is 0 Å².